The number of amides is 2. The van der Waals surface area contributed by atoms with E-state index in [2.05, 4.69) is 0 Å². The van der Waals surface area contributed by atoms with Crippen LogP contribution in [0.1, 0.15) is 39.1 Å². The van der Waals surface area contributed by atoms with E-state index >= 15 is 0 Å². The molecule has 0 spiro atoms. The van der Waals surface area contributed by atoms with Crippen molar-refractivity contribution < 1.29 is 19.1 Å². The molecular formula is C24H28N2O4. The first-order valence-electron chi connectivity index (χ1n) is 10.6. The highest BCUT2D eigenvalue weighted by Crippen LogP contribution is 2.23. The second-order valence-electron chi connectivity index (χ2n) is 7.85. The number of carbonyl (C=O) groups is 2. The van der Waals surface area contributed by atoms with Gasteiger partial charge in [-0.05, 0) is 55.7 Å². The van der Waals surface area contributed by atoms with Crippen molar-refractivity contribution in [2.75, 3.05) is 39.5 Å². The zero-order valence-electron chi connectivity index (χ0n) is 17.4. The van der Waals surface area contributed by atoms with E-state index in [0.29, 0.717) is 44.2 Å². The topological polar surface area (TPSA) is 59.1 Å². The lowest BCUT2D eigenvalue weighted by Gasteiger charge is -2.27. The van der Waals surface area contributed by atoms with Crippen molar-refractivity contribution in [3.05, 3.63) is 65.2 Å². The Morgan fingerprint density at radius 1 is 1.00 bits per heavy atom. The van der Waals surface area contributed by atoms with Crippen molar-refractivity contribution in [3.8, 4) is 5.75 Å². The standard InChI is InChI=1S/C24H28N2O4/c1-18-5-2-3-7-22(18)24(28)26-12-4-6-20(26)17-30-21-10-8-19(9-11-21)23(27)25-13-15-29-16-14-25/h2-3,5,7-11,20H,4,6,12-17H2,1H3/t20-/m0/s1. The number of rotatable bonds is 5. The predicted molar refractivity (Wildman–Crippen MR) is 114 cm³/mol. The Kier molecular flexibility index (Phi) is 6.33. The molecule has 0 aliphatic carbocycles. The summed E-state index contributed by atoms with van der Waals surface area (Å²) in [6.07, 6.45) is 1.92. The number of nitrogens with zero attached hydrogens (tertiary/aromatic N) is 2. The van der Waals surface area contributed by atoms with Gasteiger partial charge in [0, 0.05) is 30.8 Å². The Balaban J connectivity index is 1.35. The molecule has 2 aromatic rings. The molecule has 2 aliphatic heterocycles. The molecule has 1 atom stereocenters. The van der Waals surface area contributed by atoms with Gasteiger partial charge in [-0.3, -0.25) is 9.59 Å². The number of ether oxygens (including phenoxy) is 2. The van der Waals surface area contributed by atoms with Crippen LogP contribution in [0.5, 0.6) is 5.75 Å². The van der Waals surface area contributed by atoms with Gasteiger partial charge in [-0.1, -0.05) is 18.2 Å². The third-order valence-electron chi connectivity index (χ3n) is 5.86. The van der Waals surface area contributed by atoms with Crippen LogP contribution in [0.3, 0.4) is 0 Å². The molecule has 158 valence electrons. The van der Waals surface area contributed by atoms with Gasteiger partial charge in [-0.2, -0.15) is 0 Å². The molecule has 0 N–H and O–H groups in total. The summed E-state index contributed by atoms with van der Waals surface area (Å²) in [6.45, 7) is 5.61. The molecule has 2 aromatic carbocycles. The largest absolute Gasteiger partial charge is 0.491 e. The van der Waals surface area contributed by atoms with Gasteiger partial charge in [0.05, 0.1) is 19.3 Å². The van der Waals surface area contributed by atoms with E-state index in [1.165, 1.54) is 0 Å². The average Bonchev–Trinajstić information content (AvgIpc) is 3.27. The number of hydrogen-bond acceptors (Lipinski definition) is 4. The molecule has 0 radical (unpaired) electrons. The van der Waals surface area contributed by atoms with E-state index in [4.69, 9.17) is 9.47 Å². The van der Waals surface area contributed by atoms with Crippen LogP contribution in [0.15, 0.2) is 48.5 Å². The Hall–Kier alpha value is -2.86. The van der Waals surface area contributed by atoms with Crippen LogP contribution in [0.4, 0.5) is 0 Å². The zero-order chi connectivity index (χ0) is 20.9. The molecular weight excluding hydrogens is 380 g/mol. The first-order valence-corrected chi connectivity index (χ1v) is 10.6. The zero-order valence-corrected chi connectivity index (χ0v) is 17.4. The first-order chi connectivity index (χ1) is 14.6. The maximum atomic E-state index is 13.0. The Bertz CT molecular complexity index is 890. The van der Waals surface area contributed by atoms with Crippen molar-refractivity contribution >= 4 is 11.8 Å². The van der Waals surface area contributed by atoms with Gasteiger partial charge in [0.2, 0.25) is 0 Å². The molecule has 4 rings (SSSR count). The molecule has 6 heteroatoms. The number of morpholine rings is 1. The minimum atomic E-state index is 0.0237. The summed E-state index contributed by atoms with van der Waals surface area (Å²) < 4.78 is 11.3. The van der Waals surface area contributed by atoms with E-state index in [1.807, 2.05) is 53.1 Å². The van der Waals surface area contributed by atoms with Crippen molar-refractivity contribution in [3.63, 3.8) is 0 Å². The van der Waals surface area contributed by atoms with Gasteiger partial charge < -0.3 is 19.3 Å². The SMILES string of the molecule is Cc1ccccc1C(=O)N1CCC[C@H]1COc1ccc(C(=O)N2CCOCC2)cc1. The van der Waals surface area contributed by atoms with Crippen molar-refractivity contribution in [2.24, 2.45) is 0 Å². The van der Waals surface area contributed by atoms with Crippen molar-refractivity contribution in [1.29, 1.82) is 0 Å². The quantitative estimate of drug-likeness (QED) is 0.763. The van der Waals surface area contributed by atoms with Gasteiger partial charge in [0.1, 0.15) is 12.4 Å². The van der Waals surface area contributed by atoms with Gasteiger partial charge in [0.25, 0.3) is 11.8 Å². The number of carbonyl (C=O) groups excluding carboxylic acids is 2. The van der Waals surface area contributed by atoms with E-state index in [1.54, 1.807) is 12.1 Å². The van der Waals surface area contributed by atoms with Crippen molar-refractivity contribution in [1.82, 2.24) is 9.80 Å². The van der Waals surface area contributed by atoms with Crippen LogP contribution in [-0.2, 0) is 4.74 Å². The van der Waals surface area contributed by atoms with E-state index in [-0.39, 0.29) is 17.9 Å². The molecule has 0 saturated carbocycles. The fourth-order valence-corrected chi connectivity index (χ4v) is 4.08. The maximum Gasteiger partial charge on any atom is 0.254 e. The monoisotopic (exact) mass is 408 g/mol. The molecule has 2 heterocycles. The predicted octanol–water partition coefficient (Wildman–Crippen LogP) is 3.15. The Morgan fingerprint density at radius 3 is 2.47 bits per heavy atom. The third kappa shape index (κ3) is 4.49. The normalized spacial score (nSPS) is 19.0. The lowest BCUT2D eigenvalue weighted by molar-refractivity contribution is 0.0303. The van der Waals surface area contributed by atoms with Crippen LogP contribution in [0.2, 0.25) is 0 Å². The van der Waals surface area contributed by atoms with Crippen LogP contribution in [-0.4, -0.2) is 67.1 Å². The molecule has 6 nitrogen and oxygen atoms in total. The molecule has 30 heavy (non-hydrogen) atoms. The minimum Gasteiger partial charge on any atom is -0.491 e. The third-order valence-corrected chi connectivity index (χ3v) is 5.86. The summed E-state index contributed by atoms with van der Waals surface area (Å²) in [5.74, 6) is 0.810. The molecule has 0 unspecified atom stereocenters. The van der Waals surface area contributed by atoms with Crippen molar-refractivity contribution in [2.45, 2.75) is 25.8 Å². The second kappa shape index (κ2) is 9.30. The fraction of sp³-hybridized carbons (Fsp3) is 0.417. The van der Waals surface area contributed by atoms with Gasteiger partial charge >= 0.3 is 0 Å². The Labute approximate surface area is 177 Å². The summed E-state index contributed by atoms with van der Waals surface area (Å²) in [5, 5.41) is 0. The van der Waals surface area contributed by atoms with Crippen LogP contribution in [0, 0.1) is 6.92 Å². The lowest BCUT2D eigenvalue weighted by Crippen LogP contribution is -2.40. The van der Waals surface area contributed by atoms with Gasteiger partial charge in [-0.15, -0.1) is 0 Å². The number of benzene rings is 2. The van der Waals surface area contributed by atoms with Gasteiger partial charge in [-0.25, -0.2) is 0 Å². The second-order valence-corrected chi connectivity index (χ2v) is 7.85. The molecule has 2 fully saturated rings. The summed E-state index contributed by atoms with van der Waals surface area (Å²) >= 11 is 0. The number of hydrogen-bond donors (Lipinski definition) is 0. The summed E-state index contributed by atoms with van der Waals surface area (Å²) in [4.78, 5) is 29.3. The summed E-state index contributed by atoms with van der Waals surface area (Å²) in [6, 6.07) is 15.0. The molecule has 2 aliphatic rings. The first kappa shape index (κ1) is 20.4. The van der Waals surface area contributed by atoms with E-state index in [0.717, 1.165) is 30.5 Å². The lowest BCUT2D eigenvalue weighted by atomic mass is 10.1. The molecule has 2 saturated heterocycles. The molecule has 0 aromatic heterocycles. The minimum absolute atomic E-state index is 0.0237. The fourth-order valence-electron chi connectivity index (χ4n) is 4.08. The molecule has 2 amide bonds. The Morgan fingerprint density at radius 2 is 1.73 bits per heavy atom. The average molecular weight is 408 g/mol. The molecule has 0 bridgehead atoms. The summed E-state index contributed by atoms with van der Waals surface area (Å²) in [7, 11) is 0. The van der Waals surface area contributed by atoms with Crippen LogP contribution in [0.25, 0.3) is 0 Å². The van der Waals surface area contributed by atoms with Crippen LogP contribution >= 0.6 is 0 Å². The summed E-state index contributed by atoms with van der Waals surface area (Å²) in [5.41, 5.74) is 2.41. The number of aryl methyl sites for hydroxylation is 1. The van der Waals surface area contributed by atoms with Gasteiger partial charge in [0.15, 0.2) is 0 Å². The highest BCUT2D eigenvalue weighted by atomic mass is 16.5. The smallest absolute Gasteiger partial charge is 0.254 e. The van der Waals surface area contributed by atoms with E-state index < -0.39 is 0 Å². The number of likely N-dealkylation sites (tertiary alicyclic amines) is 1. The highest BCUT2D eigenvalue weighted by Gasteiger charge is 2.30. The van der Waals surface area contributed by atoms with E-state index in [9.17, 15) is 9.59 Å². The van der Waals surface area contributed by atoms with Crippen LogP contribution < -0.4 is 4.74 Å². The maximum absolute atomic E-state index is 13.0. The highest BCUT2D eigenvalue weighted by molar-refractivity contribution is 5.96.